The molecule has 0 radical (unpaired) electrons. The molecule has 0 saturated carbocycles. The molecule has 3 atom stereocenters. The number of primary amides is 1. The van der Waals surface area contributed by atoms with Crippen LogP contribution in [0.5, 0.6) is 0 Å². The highest BCUT2D eigenvalue weighted by Gasteiger charge is 2.44. The summed E-state index contributed by atoms with van der Waals surface area (Å²) in [4.78, 5) is 33.2. The van der Waals surface area contributed by atoms with Crippen LogP contribution in [0.25, 0.3) is 0 Å². The molecule has 2 aliphatic rings. The number of benzene rings is 1. The molecular formula is C23H27FN4O2. The van der Waals surface area contributed by atoms with E-state index in [2.05, 4.69) is 9.88 Å². The van der Waals surface area contributed by atoms with Crippen molar-refractivity contribution in [2.45, 2.75) is 26.3 Å². The van der Waals surface area contributed by atoms with E-state index in [9.17, 15) is 14.0 Å². The Morgan fingerprint density at radius 3 is 2.47 bits per heavy atom. The van der Waals surface area contributed by atoms with Crippen molar-refractivity contribution in [2.75, 3.05) is 26.2 Å². The van der Waals surface area contributed by atoms with Crippen LogP contribution in [-0.2, 0) is 4.79 Å². The number of hydrogen-bond acceptors (Lipinski definition) is 4. The highest BCUT2D eigenvalue weighted by molar-refractivity contribution is 5.96. The monoisotopic (exact) mass is 410 g/mol. The topological polar surface area (TPSA) is 79.5 Å². The quantitative estimate of drug-likeness (QED) is 0.821. The Labute approximate surface area is 175 Å². The van der Waals surface area contributed by atoms with Crippen LogP contribution in [-0.4, -0.2) is 52.8 Å². The Balaban J connectivity index is 1.48. The first-order valence-electron chi connectivity index (χ1n) is 10.3. The number of halogens is 1. The molecule has 2 amide bonds. The van der Waals surface area contributed by atoms with Crippen LogP contribution in [0.2, 0.25) is 0 Å². The molecule has 1 aromatic heterocycles. The summed E-state index contributed by atoms with van der Waals surface area (Å²) >= 11 is 0. The van der Waals surface area contributed by atoms with Crippen molar-refractivity contribution in [3.8, 4) is 0 Å². The molecular weight excluding hydrogens is 383 g/mol. The van der Waals surface area contributed by atoms with E-state index in [1.54, 1.807) is 12.3 Å². The number of fused-ring (bicyclic) bond motifs is 1. The lowest BCUT2D eigenvalue weighted by Gasteiger charge is -2.29. The number of pyridine rings is 1. The van der Waals surface area contributed by atoms with Gasteiger partial charge in [0, 0.05) is 44.8 Å². The Bertz CT molecular complexity index is 945. The molecule has 2 unspecified atom stereocenters. The molecule has 0 spiro atoms. The van der Waals surface area contributed by atoms with Crippen molar-refractivity contribution in [1.82, 2.24) is 14.8 Å². The maximum atomic E-state index is 13.8. The van der Waals surface area contributed by atoms with Crippen LogP contribution in [0, 0.1) is 31.5 Å². The van der Waals surface area contributed by atoms with Gasteiger partial charge in [0.2, 0.25) is 5.91 Å². The fourth-order valence-corrected chi connectivity index (χ4v) is 4.99. The number of aromatic nitrogens is 1. The predicted octanol–water partition coefficient (Wildman–Crippen LogP) is 2.46. The Morgan fingerprint density at radius 1 is 1.17 bits per heavy atom. The standard InChI is InChI=1S/C23H27FN4O2/c1-14-6-7-26-15(2)22(14)23(30)28-12-17-10-27(11-18(17)13-28)20(9-21(25)29)16-4-3-5-19(24)8-16/h3-8,17-18,20H,9-13H2,1-2H3,(H2,25,29)/t17?,18?,20-/m0/s1. The number of hydrogen-bond donors (Lipinski definition) is 1. The molecule has 3 heterocycles. The lowest BCUT2D eigenvalue weighted by atomic mass is 10.0. The number of carbonyl (C=O) groups excluding carboxylic acids is 2. The Kier molecular flexibility index (Phi) is 5.56. The zero-order valence-corrected chi connectivity index (χ0v) is 17.3. The molecule has 7 heteroatoms. The lowest BCUT2D eigenvalue weighted by Crippen LogP contribution is -2.36. The largest absolute Gasteiger partial charge is 0.370 e. The predicted molar refractivity (Wildman–Crippen MR) is 111 cm³/mol. The first-order chi connectivity index (χ1) is 14.3. The van der Waals surface area contributed by atoms with Gasteiger partial charge in [0.05, 0.1) is 11.3 Å². The number of nitrogens with zero attached hydrogens (tertiary/aromatic N) is 3. The fraction of sp³-hybridized carbons (Fsp3) is 0.435. The molecule has 30 heavy (non-hydrogen) atoms. The summed E-state index contributed by atoms with van der Waals surface area (Å²) in [6, 6.07) is 8.01. The van der Waals surface area contributed by atoms with Gasteiger partial charge in [-0.25, -0.2) is 4.39 Å². The highest BCUT2D eigenvalue weighted by atomic mass is 19.1. The van der Waals surface area contributed by atoms with Gasteiger partial charge >= 0.3 is 0 Å². The summed E-state index contributed by atoms with van der Waals surface area (Å²) in [6.07, 6.45) is 1.88. The number of amides is 2. The van der Waals surface area contributed by atoms with E-state index in [1.807, 2.05) is 30.9 Å². The molecule has 2 saturated heterocycles. The number of carbonyl (C=O) groups is 2. The lowest BCUT2D eigenvalue weighted by molar-refractivity contribution is -0.119. The normalized spacial score (nSPS) is 22.2. The zero-order chi connectivity index (χ0) is 21.4. The molecule has 0 aliphatic carbocycles. The van der Waals surface area contributed by atoms with Crippen LogP contribution in [0.4, 0.5) is 4.39 Å². The summed E-state index contributed by atoms with van der Waals surface area (Å²) in [5.41, 5.74) is 8.65. The van der Waals surface area contributed by atoms with Gasteiger partial charge in [-0.05, 0) is 55.0 Å². The summed E-state index contributed by atoms with van der Waals surface area (Å²) in [7, 11) is 0. The zero-order valence-electron chi connectivity index (χ0n) is 17.3. The maximum Gasteiger partial charge on any atom is 0.255 e. The van der Waals surface area contributed by atoms with Crippen molar-refractivity contribution in [1.29, 1.82) is 0 Å². The SMILES string of the molecule is Cc1ccnc(C)c1C(=O)N1CC2CN([C@@H](CC(N)=O)c3cccc(F)c3)CC2C1. The molecule has 2 N–H and O–H groups in total. The van der Waals surface area contributed by atoms with E-state index < -0.39 is 5.91 Å². The third kappa shape index (κ3) is 3.94. The average Bonchev–Trinajstić information content (AvgIpc) is 3.25. The molecule has 6 nitrogen and oxygen atoms in total. The number of aryl methyl sites for hydroxylation is 2. The van der Waals surface area contributed by atoms with Crippen molar-refractivity contribution in [2.24, 2.45) is 17.6 Å². The second-order valence-electron chi connectivity index (χ2n) is 8.51. The van der Waals surface area contributed by atoms with E-state index in [4.69, 9.17) is 5.73 Å². The first-order valence-corrected chi connectivity index (χ1v) is 10.3. The average molecular weight is 410 g/mol. The van der Waals surface area contributed by atoms with Crippen LogP contribution < -0.4 is 5.73 Å². The summed E-state index contributed by atoms with van der Waals surface area (Å²) < 4.78 is 13.8. The molecule has 2 fully saturated rings. The number of likely N-dealkylation sites (tertiary alicyclic amines) is 2. The fourth-order valence-electron chi connectivity index (χ4n) is 4.99. The molecule has 4 rings (SSSR count). The number of rotatable bonds is 5. The van der Waals surface area contributed by atoms with Crippen LogP contribution in [0.3, 0.4) is 0 Å². The Morgan fingerprint density at radius 2 is 1.87 bits per heavy atom. The highest BCUT2D eigenvalue weighted by Crippen LogP contribution is 2.38. The van der Waals surface area contributed by atoms with Gasteiger partial charge in [-0.15, -0.1) is 0 Å². The van der Waals surface area contributed by atoms with E-state index in [1.165, 1.54) is 12.1 Å². The van der Waals surface area contributed by atoms with Crippen molar-refractivity contribution < 1.29 is 14.0 Å². The van der Waals surface area contributed by atoms with Gasteiger partial charge in [-0.2, -0.15) is 0 Å². The summed E-state index contributed by atoms with van der Waals surface area (Å²) in [6.45, 7) is 6.68. The van der Waals surface area contributed by atoms with Gasteiger partial charge in [0.15, 0.2) is 0 Å². The summed E-state index contributed by atoms with van der Waals surface area (Å²) in [5, 5.41) is 0. The third-order valence-corrected chi connectivity index (χ3v) is 6.43. The second-order valence-corrected chi connectivity index (χ2v) is 8.51. The van der Waals surface area contributed by atoms with E-state index in [0.29, 0.717) is 30.5 Å². The minimum atomic E-state index is -0.402. The molecule has 2 aromatic rings. The molecule has 2 aliphatic heterocycles. The maximum absolute atomic E-state index is 13.8. The minimum Gasteiger partial charge on any atom is -0.370 e. The third-order valence-electron chi connectivity index (χ3n) is 6.43. The van der Waals surface area contributed by atoms with E-state index in [0.717, 1.165) is 29.9 Å². The van der Waals surface area contributed by atoms with Gasteiger partial charge in [-0.1, -0.05) is 12.1 Å². The van der Waals surface area contributed by atoms with Gasteiger partial charge in [-0.3, -0.25) is 19.5 Å². The first kappa shape index (κ1) is 20.5. The Hall–Kier alpha value is -2.80. The van der Waals surface area contributed by atoms with E-state index >= 15 is 0 Å². The van der Waals surface area contributed by atoms with Gasteiger partial charge in [0.1, 0.15) is 5.82 Å². The van der Waals surface area contributed by atoms with Crippen molar-refractivity contribution >= 4 is 11.8 Å². The number of nitrogens with two attached hydrogens (primary N) is 1. The van der Waals surface area contributed by atoms with Crippen LogP contribution >= 0.6 is 0 Å². The van der Waals surface area contributed by atoms with Crippen LogP contribution in [0.1, 0.15) is 39.6 Å². The van der Waals surface area contributed by atoms with E-state index in [-0.39, 0.29) is 24.2 Å². The minimum absolute atomic E-state index is 0.0397. The molecule has 1 aromatic carbocycles. The van der Waals surface area contributed by atoms with Gasteiger partial charge < -0.3 is 10.6 Å². The summed E-state index contributed by atoms with van der Waals surface area (Å²) in [5.74, 6) is -0.0239. The molecule has 158 valence electrons. The van der Waals surface area contributed by atoms with Crippen molar-refractivity contribution in [3.05, 3.63) is 64.7 Å². The van der Waals surface area contributed by atoms with Gasteiger partial charge in [0.25, 0.3) is 5.91 Å². The van der Waals surface area contributed by atoms with Crippen molar-refractivity contribution in [3.63, 3.8) is 0 Å². The smallest absolute Gasteiger partial charge is 0.255 e. The second kappa shape index (κ2) is 8.14. The molecule has 0 bridgehead atoms. The van der Waals surface area contributed by atoms with Crippen LogP contribution in [0.15, 0.2) is 36.5 Å².